The molecule has 1 aromatic heterocycles. The molecule has 0 atom stereocenters. The van der Waals surface area contributed by atoms with Gasteiger partial charge in [0.15, 0.2) is 5.75 Å². The van der Waals surface area contributed by atoms with Crippen molar-refractivity contribution in [2.75, 3.05) is 0 Å². The number of aromatic nitrogens is 1. The molecule has 0 aliphatic carbocycles. The zero-order chi connectivity index (χ0) is 13.8. The fourth-order valence-electron chi connectivity index (χ4n) is 1.62. The van der Waals surface area contributed by atoms with Crippen molar-refractivity contribution in [3.63, 3.8) is 0 Å². The van der Waals surface area contributed by atoms with Crippen molar-refractivity contribution in [3.8, 4) is 5.75 Å². The minimum absolute atomic E-state index is 0.338. The number of halogens is 1. The summed E-state index contributed by atoms with van der Waals surface area (Å²) in [7, 11) is 0. The zero-order valence-corrected chi connectivity index (χ0v) is 11.5. The molecule has 0 saturated heterocycles. The molecule has 1 aromatic carbocycles. The predicted octanol–water partition coefficient (Wildman–Crippen LogP) is 4.08. The molecule has 19 heavy (non-hydrogen) atoms. The van der Waals surface area contributed by atoms with E-state index in [2.05, 4.69) is 18.8 Å². The molecule has 0 bridgehead atoms. The van der Waals surface area contributed by atoms with Crippen molar-refractivity contribution in [1.29, 1.82) is 0 Å². The molecular formula is C15H14ClNO2. The third kappa shape index (κ3) is 3.55. The molecule has 0 radical (unpaired) electrons. The second-order valence-electron chi connectivity index (χ2n) is 4.51. The number of pyridine rings is 1. The van der Waals surface area contributed by atoms with E-state index in [4.69, 9.17) is 16.3 Å². The van der Waals surface area contributed by atoms with Crippen LogP contribution in [0.3, 0.4) is 0 Å². The number of hydrogen-bond donors (Lipinski definition) is 0. The van der Waals surface area contributed by atoms with E-state index < -0.39 is 5.97 Å². The first kappa shape index (κ1) is 13.6. The predicted molar refractivity (Wildman–Crippen MR) is 74.7 cm³/mol. The van der Waals surface area contributed by atoms with Crippen molar-refractivity contribution in [3.05, 3.63) is 58.9 Å². The van der Waals surface area contributed by atoms with E-state index in [-0.39, 0.29) is 0 Å². The Morgan fingerprint density at radius 3 is 2.47 bits per heavy atom. The van der Waals surface area contributed by atoms with Crippen LogP contribution in [0.15, 0.2) is 42.7 Å². The van der Waals surface area contributed by atoms with Crippen LogP contribution in [0, 0.1) is 0 Å². The molecule has 2 rings (SSSR count). The third-order valence-electron chi connectivity index (χ3n) is 2.70. The molecule has 0 N–H and O–H groups in total. The SMILES string of the molecule is CC(C)c1ccc(C(=O)Oc2cncc(Cl)c2)cc1. The van der Waals surface area contributed by atoms with Crippen LogP contribution in [-0.2, 0) is 0 Å². The normalized spacial score (nSPS) is 10.5. The van der Waals surface area contributed by atoms with Crippen LogP contribution >= 0.6 is 11.6 Å². The molecule has 2 aromatic rings. The van der Waals surface area contributed by atoms with Gasteiger partial charge in [-0.25, -0.2) is 4.79 Å². The maximum Gasteiger partial charge on any atom is 0.343 e. The van der Waals surface area contributed by atoms with Crippen LogP contribution in [0.1, 0.15) is 35.7 Å². The summed E-state index contributed by atoms with van der Waals surface area (Å²) in [5, 5.41) is 0.431. The smallest absolute Gasteiger partial charge is 0.343 e. The Balaban J connectivity index is 2.11. The molecule has 0 fully saturated rings. The average Bonchev–Trinajstić information content (AvgIpc) is 2.39. The van der Waals surface area contributed by atoms with E-state index in [0.29, 0.717) is 22.3 Å². The number of carbonyl (C=O) groups excluding carboxylic acids is 1. The molecule has 1 heterocycles. The summed E-state index contributed by atoms with van der Waals surface area (Å²) < 4.78 is 5.20. The van der Waals surface area contributed by atoms with Gasteiger partial charge in [0.05, 0.1) is 16.8 Å². The topological polar surface area (TPSA) is 39.2 Å². The lowest BCUT2D eigenvalue weighted by molar-refractivity contribution is 0.0734. The number of nitrogens with zero attached hydrogens (tertiary/aromatic N) is 1. The summed E-state index contributed by atoms with van der Waals surface area (Å²) in [6.45, 7) is 4.20. The Hall–Kier alpha value is -1.87. The highest BCUT2D eigenvalue weighted by Gasteiger charge is 2.09. The number of hydrogen-bond acceptors (Lipinski definition) is 3. The van der Waals surface area contributed by atoms with Crippen molar-refractivity contribution in [2.24, 2.45) is 0 Å². The van der Waals surface area contributed by atoms with Crippen molar-refractivity contribution >= 4 is 17.6 Å². The molecule has 0 unspecified atom stereocenters. The van der Waals surface area contributed by atoms with Gasteiger partial charge < -0.3 is 4.74 Å². The molecule has 0 saturated carbocycles. The number of esters is 1. The summed E-state index contributed by atoms with van der Waals surface area (Å²) in [5.74, 6) is 0.354. The highest BCUT2D eigenvalue weighted by Crippen LogP contribution is 2.18. The Bertz CT molecular complexity index is 579. The zero-order valence-electron chi connectivity index (χ0n) is 10.8. The van der Waals surface area contributed by atoms with E-state index in [1.807, 2.05) is 12.1 Å². The van der Waals surface area contributed by atoms with E-state index in [0.717, 1.165) is 0 Å². The van der Waals surface area contributed by atoms with E-state index >= 15 is 0 Å². The standard InChI is InChI=1S/C15H14ClNO2/c1-10(2)11-3-5-12(6-4-11)15(18)19-14-7-13(16)8-17-9-14/h3-10H,1-2H3. The number of carbonyl (C=O) groups is 1. The lowest BCUT2D eigenvalue weighted by atomic mass is 10.0. The Morgan fingerprint density at radius 2 is 1.89 bits per heavy atom. The summed E-state index contributed by atoms with van der Waals surface area (Å²) in [6, 6.07) is 8.93. The van der Waals surface area contributed by atoms with Crippen LogP contribution in [0.4, 0.5) is 0 Å². The van der Waals surface area contributed by atoms with Crippen molar-refractivity contribution in [2.45, 2.75) is 19.8 Å². The average molecular weight is 276 g/mol. The van der Waals surface area contributed by atoms with E-state index in [1.165, 1.54) is 18.0 Å². The lowest BCUT2D eigenvalue weighted by Gasteiger charge is -2.07. The molecular weight excluding hydrogens is 262 g/mol. The summed E-state index contributed by atoms with van der Waals surface area (Å²) in [4.78, 5) is 15.8. The minimum Gasteiger partial charge on any atom is -0.421 e. The number of rotatable bonds is 3. The first-order valence-corrected chi connectivity index (χ1v) is 6.37. The van der Waals surface area contributed by atoms with Crippen LogP contribution in [0.5, 0.6) is 5.75 Å². The first-order valence-electron chi connectivity index (χ1n) is 5.99. The second-order valence-corrected chi connectivity index (χ2v) is 4.94. The minimum atomic E-state index is -0.417. The van der Waals surface area contributed by atoms with Crippen LogP contribution in [0.2, 0.25) is 5.02 Å². The fourth-order valence-corrected chi connectivity index (χ4v) is 1.78. The lowest BCUT2D eigenvalue weighted by Crippen LogP contribution is -2.08. The van der Waals surface area contributed by atoms with Crippen LogP contribution in [0.25, 0.3) is 0 Å². The van der Waals surface area contributed by atoms with Gasteiger partial charge in [0.2, 0.25) is 0 Å². The molecule has 98 valence electrons. The van der Waals surface area contributed by atoms with Gasteiger partial charge in [0, 0.05) is 12.3 Å². The van der Waals surface area contributed by atoms with Crippen LogP contribution in [-0.4, -0.2) is 11.0 Å². The summed E-state index contributed by atoms with van der Waals surface area (Å²) >= 11 is 5.78. The maximum absolute atomic E-state index is 11.9. The van der Waals surface area contributed by atoms with Crippen molar-refractivity contribution in [1.82, 2.24) is 4.98 Å². The molecule has 0 aliphatic heterocycles. The largest absolute Gasteiger partial charge is 0.421 e. The van der Waals surface area contributed by atoms with Gasteiger partial charge in [-0.3, -0.25) is 4.98 Å². The molecule has 3 nitrogen and oxygen atoms in total. The van der Waals surface area contributed by atoms with Gasteiger partial charge in [-0.2, -0.15) is 0 Å². The highest BCUT2D eigenvalue weighted by molar-refractivity contribution is 6.30. The third-order valence-corrected chi connectivity index (χ3v) is 2.91. The van der Waals surface area contributed by atoms with Gasteiger partial charge in [0.25, 0.3) is 0 Å². The molecule has 0 spiro atoms. The second kappa shape index (κ2) is 5.85. The summed E-state index contributed by atoms with van der Waals surface area (Å²) in [5.41, 5.74) is 1.69. The number of ether oxygens (including phenoxy) is 1. The Kier molecular flexibility index (Phi) is 4.17. The number of benzene rings is 1. The van der Waals surface area contributed by atoms with Gasteiger partial charge in [0.1, 0.15) is 0 Å². The van der Waals surface area contributed by atoms with Gasteiger partial charge in [-0.1, -0.05) is 37.6 Å². The Labute approximate surface area is 117 Å². The molecule has 4 heteroatoms. The molecule has 0 amide bonds. The molecule has 0 aliphatic rings. The Morgan fingerprint density at radius 1 is 1.21 bits per heavy atom. The summed E-state index contributed by atoms with van der Waals surface area (Å²) in [6.07, 6.45) is 2.93. The highest BCUT2D eigenvalue weighted by atomic mass is 35.5. The van der Waals surface area contributed by atoms with E-state index in [9.17, 15) is 4.79 Å². The fraction of sp³-hybridized carbons (Fsp3) is 0.200. The van der Waals surface area contributed by atoms with Crippen LogP contribution < -0.4 is 4.74 Å². The monoisotopic (exact) mass is 275 g/mol. The van der Waals surface area contributed by atoms with Gasteiger partial charge in [-0.05, 0) is 23.6 Å². The van der Waals surface area contributed by atoms with Gasteiger partial charge in [-0.15, -0.1) is 0 Å². The first-order chi connectivity index (χ1) is 9.06. The van der Waals surface area contributed by atoms with Gasteiger partial charge >= 0.3 is 5.97 Å². The quantitative estimate of drug-likeness (QED) is 0.793. The van der Waals surface area contributed by atoms with Crippen molar-refractivity contribution < 1.29 is 9.53 Å². The maximum atomic E-state index is 11.9. The van der Waals surface area contributed by atoms with E-state index in [1.54, 1.807) is 18.2 Å².